The third-order valence-corrected chi connectivity index (χ3v) is 2.92. The molecule has 0 fully saturated rings. The van der Waals surface area contributed by atoms with Gasteiger partial charge in [-0.2, -0.15) is 10.2 Å². The number of hydrogen-bond donors (Lipinski definition) is 1. The van der Waals surface area contributed by atoms with E-state index >= 15 is 0 Å². The number of carbonyl (C=O) groups excluding carboxylic acids is 1. The van der Waals surface area contributed by atoms with Gasteiger partial charge in [0.25, 0.3) is 5.91 Å². The summed E-state index contributed by atoms with van der Waals surface area (Å²) in [6.45, 7) is 8.27. The molecule has 1 rings (SSSR count). The van der Waals surface area contributed by atoms with Gasteiger partial charge in [-0.1, -0.05) is 13.8 Å². The first-order chi connectivity index (χ1) is 8.56. The van der Waals surface area contributed by atoms with E-state index in [4.69, 9.17) is 0 Å². The maximum atomic E-state index is 11.6. The predicted octanol–water partition coefficient (Wildman–Crippen LogP) is 2.04. The van der Waals surface area contributed by atoms with Crippen molar-refractivity contribution in [2.75, 3.05) is 0 Å². The van der Waals surface area contributed by atoms with Crippen molar-refractivity contribution in [3.63, 3.8) is 0 Å². The summed E-state index contributed by atoms with van der Waals surface area (Å²) in [5.74, 6) is 0.280. The fourth-order valence-electron chi connectivity index (χ4n) is 1.72. The Kier molecular flexibility index (Phi) is 5.55. The average molecular weight is 250 g/mol. The number of carbonyl (C=O) groups is 1. The largest absolute Gasteiger partial charge is 0.271 e. The van der Waals surface area contributed by atoms with E-state index < -0.39 is 0 Å². The van der Waals surface area contributed by atoms with Gasteiger partial charge < -0.3 is 0 Å². The van der Waals surface area contributed by atoms with E-state index in [1.807, 2.05) is 19.9 Å². The Morgan fingerprint density at radius 3 is 2.67 bits per heavy atom. The summed E-state index contributed by atoms with van der Waals surface area (Å²) in [5.41, 5.74) is 4.43. The molecular formula is C13H22N4O. The van der Waals surface area contributed by atoms with Crippen molar-refractivity contribution in [3.8, 4) is 0 Å². The van der Waals surface area contributed by atoms with Crippen LogP contribution in [0.5, 0.6) is 0 Å². The van der Waals surface area contributed by atoms with Crippen LogP contribution >= 0.6 is 0 Å². The second-order valence-corrected chi connectivity index (χ2v) is 4.47. The van der Waals surface area contributed by atoms with Crippen LogP contribution in [-0.2, 0) is 11.3 Å². The lowest BCUT2D eigenvalue weighted by Gasteiger charge is -2.05. The molecule has 0 unspecified atom stereocenters. The highest BCUT2D eigenvalue weighted by atomic mass is 16.2. The van der Waals surface area contributed by atoms with Gasteiger partial charge in [0.15, 0.2) is 0 Å². The lowest BCUT2D eigenvalue weighted by atomic mass is 10.1. The zero-order valence-electron chi connectivity index (χ0n) is 11.6. The molecule has 0 aliphatic heterocycles. The summed E-state index contributed by atoms with van der Waals surface area (Å²) in [6, 6.07) is 1.95. The second kappa shape index (κ2) is 6.93. The van der Waals surface area contributed by atoms with Gasteiger partial charge in [0.2, 0.25) is 0 Å². The molecule has 0 saturated carbocycles. The number of aryl methyl sites for hydroxylation is 2. The Morgan fingerprint density at radius 2 is 2.17 bits per heavy atom. The summed E-state index contributed by atoms with van der Waals surface area (Å²) in [5, 5.41) is 8.21. The maximum Gasteiger partial charge on any atom is 0.261 e. The van der Waals surface area contributed by atoms with Gasteiger partial charge in [-0.05, 0) is 38.7 Å². The number of amides is 1. The van der Waals surface area contributed by atoms with Gasteiger partial charge in [0.05, 0.1) is 5.69 Å². The van der Waals surface area contributed by atoms with Crippen molar-refractivity contribution >= 4 is 12.1 Å². The first-order valence-electron chi connectivity index (χ1n) is 6.39. The molecule has 100 valence electrons. The highest BCUT2D eigenvalue weighted by Gasteiger charge is 2.06. The molecule has 5 nitrogen and oxygen atoms in total. The summed E-state index contributed by atoms with van der Waals surface area (Å²) >= 11 is 0. The third-order valence-electron chi connectivity index (χ3n) is 2.92. The van der Waals surface area contributed by atoms with E-state index in [9.17, 15) is 4.79 Å². The van der Waals surface area contributed by atoms with Gasteiger partial charge >= 0.3 is 0 Å². The molecule has 1 amide bonds. The van der Waals surface area contributed by atoms with Crippen LogP contribution in [0.15, 0.2) is 11.2 Å². The second-order valence-electron chi connectivity index (χ2n) is 4.47. The highest BCUT2D eigenvalue weighted by molar-refractivity contribution is 5.76. The van der Waals surface area contributed by atoms with E-state index in [-0.39, 0.29) is 12.5 Å². The van der Waals surface area contributed by atoms with E-state index in [1.165, 1.54) is 0 Å². The first kappa shape index (κ1) is 14.4. The Balaban J connectivity index is 2.45. The van der Waals surface area contributed by atoms with E-state index in [0.29, 0.717) is 5.92 Å². The summed E-state index contributed by atoms with van der Waals surface area (Å²) in [7, 11) is 0. The van der Waals surface area contributed by atoms with Gasteiger partial charge in [-0.25, -0.2) is 5.43 Å². The van der Waals surface area contributed by atoms with Crippen LogP contribution in [0.3, 0.4) is 0 Å². The summed E-state index contributed by atoms with van der Waals surface area (Å²) in [4.78, 5) is 11.6. The minimum Gasteiger partial charge on any atom is -0.271 e. The molecule has 0 radical (unpaired) electrons. The monoisotopic (exact) mass is 250 g/mol. The molecule has 0 aliphatic rings. The number of rotatable bonds is 6. The fraction of sp³-hybridized carbons (Fsp3) is 0.615. The molecule has 0 aromatic carbocycles. The van der Waals surface area contributed by atoms with Crippen molar-refractivity contribution in [2.24, 2.45) is 11.0 Å². The quantitative estimate of drug-likeness (QED) is 0.620. The fourth-order valence-corrected chi connectivity index (χ4v) is 1.72. The molecule has 0 aliphatic carbocycles. The van der Waals surface area contributed by atoms with Crippen molar-refractivity contribution in [3.05, 3.63) is 17.5 Å². The smallest absolute Gasteiger partial charge is 0.261 e. The van der Waals surface area contributed by atoms with Crippen LogP contribution in [0.1, 0.15) is 38.1 Å². The number of aromatic nitrogens is 2. The molecule has 5 heteroatoms. The molecule has 18 heavy (non-hydrogen) atoms. The van der Waals surface area contributed by atoms with Crippen molar-refractivity contribution < 1.29 is 4.79 Å². The lowest BCUT2D eigenvalue weighted by Crippen LogP contribution is -2.24. The van der Waals surface area contributed by atoms with Crippen LogP contribution in [0, 0.1) is 19.8 Å². The molecule has 1 aromatic rings. The van der Waals surface area contributed by atoms with Gasteiger partial charge in [0, 0.05) is 11.9 Å². The molecule has 0 saturated heterocycles. The minimum atomic E-state index is -0.150. The van der Waals surface area contributed by atoms with E-state index in [1.54, 1.807) is 10.9 Å². The van der Waals surface area contributed by atoms with Crippen molar-refractivity contribution in [1.82, 2.24) is 15.2 Å². The molecule has 0 spiro atoms. The molecule has 0 atom stereocenters. The Bertz CT molecular complexity index is 419. The number of nitrogens with zero attached hydrogens (tertiary/aromatic N) is 3. The van der Waals surface area contributed by atoms with Gasteiger partial charge in [0.1, 0.15) is 6.54 Å². The molecule has 1 heterocycles. The van der Waals surface area contributed by atoms with Crippen LogP contribution < -0.4 is 5.43 Å². The third kappa shape index (κ3) is 4.31. The number of hydrazone groups is 1. The number of nitrogens with one attached hydrogen (secondary N) is 1. The molecule has 0 bridgehead atoms. The summed E-state index contributed by atoms with van der Waals surface area (Å²) in [6.07, 6.45) is 3.87. The van der Waals surface area contributed by atoms with Crippen molar-refractivity contribution in [2.45, 2.75) is 47.1 Å². The topological polar surface area (TPSA) is 59.3 Å². The molecular weight excluding hydrogens is 228 g/mol. The van der Waals surface area contributed by atoms with E-state index in [0.717, 1.165) is 24.2 Å². The van der Waals surface area contributed by atoms with Crippen LogP contribution in [0.25, 0.3) is 0 Å². The Morgan fingerprint density at radius 1 is 1.50 bits per heavy atom. The van der Waals surface area contributed by atoms with Crippen LogP contribution in [0.2, 0.25) is 0 Å². The van der Waals surface area contributed by atoms with Crippen LogP contribution in [0.4, 0.5) is 0 Å². The SMILES string of the molecule is CCC(/C=N/NC(=O)Cn1nc(C)cc1C)CC. The zero-order valence-corrected chi connectivity index (χ0v) is 11.6. The molecule has 1 aromatic heterocycles. The predicted molar refractivity (Wildman–Crippen MR) is 72.4 cm³/mol. The van der Waals surface area contributed by atoms with Crippen molar-refractivity contribution in [1.29, 1.82) is 0 Å². The first-order valence-corrected chi connectivity index (χ1v) is 6.39. The average Bonchev–Trinajstić information content (AvgIpc) is 2.63. The minimum absolute atomic E-state index is 0.150. The lowest BCUT2D eigenvalue weighted by molar-refractivity contribution is -0.121. The van der Waals surface area contributed by atoms with E-state index in [2.05, 4.69) is 29.5 Å². The highest BCUT2D eigenvalue weighted by Crippen LogP contribution is 2.03. The zero-order chi connectivity index (χ0) is 13.5. The Hall–Kier alpha value is -1.65. The van der Waals surface area contributed by atoms with Gasteiger partial charge in [-0.3, -0.25) is 9.48 Å². The standard InChI is InChI=1S/C13H22N4O/c1-5-12(6-2)8-14-15-13(18)9-17-11(4)7-10(3)16-17/h7-8,12H,5-6,9H2,1-4H3,(H,15,18)/b14-8+. The number of hydrogen-bond acceptors (Lipinski definition) is 3. The molecule has 1 N–H and O–H groups in total. The van der Waals surface area contributed by atoms with Crippen LogP contribution in [-0.4, -0.2) is 21.9 Å². The van der Waals surface area contributed by atoms with Gasteiger partial charge in [-0.15, -0.1) is 0 Å². The maximum absolute atomic E-state index is 11.6. The summed E-state index contributed by atoms with van der Waals surface area (Å²) < 4.78 is 1.68. The Labute approximate surface area is 108 Å². The normalized spacial score (nSPS) is 11.4.